The van der Waals surface area contributed by atoms with E-state index in [0.717, 1.165) is 14.8 Å². The van der Waals surface area contributed by atoms with Gasteiger partial charge in [-0.1, -0.05) is 11.6 Å². The Balaban J connectivity index is 2.38. The van der Waals surface area contributed by atoms with Gasteiger partial charge in [-0.3, -0.25) is 4.57 Å². The third kappa shape index (κ3) is 2.30. The highest BCUT2D eigenvalue weighted by Gasteiger charge is 2.10. The van der Waals surface area contributed by atoms with Crippen molar-refractivity contribution in [2.45, 2.75) is 0 Å². The third-order valence-electron chi connectivity index (χ3n) is 2.80. The van der Waals surface area contributed by atoms with Crippen LogP contribution in [-0.2, 0) is 0 Å². The molecule has 3 aromatic rings. The van der Waals surface area contributed by atoms with Gasteiger partial charge in [-0.05, 0) is 65.1 Å². The molecule has 0 amide bonds. The smallest absolute Gasteiger partial charge is 0.182 e. The lowest BCUT2D eigenvalue weighted by atomic mass is 10.2. The largest absolute Gasteiger partial charge is 0.330 e. The second kappa shape index (κ2) is 4.88. The Labute approximate surface area is 132 Å². The predicted octanol–water partition coefficient (Wildman–Crippen LogP) is 5.09. The second-order valence-corrected chi connectivity index (χ2v) is 6.01. The van der Waals surface area contributed by atoms with Crippen LogP contribution in [0, 0.1) is 14.2 Å². The summed E-state index contributed by atoms with van der Waals surface area (Å²) in [5.74, 6) is -0.292. The summed E-state index contributed by atoms with van der Waals surface area (Å²) in [6.45, 7) is 0. The summed E-state index contributed by atoms with van der Waals surface area (Å²) in [6.07, 6.45) is 0. The summed E-state index contributed by atoms with van der Waals surface area (Å²) in [5, 5.41) is 0.658. The van der Waals surface area contributed by atoms with Crippen molar-refractivity contribution in [1.82, 2.24) is 9.55 Å². The first-order valence-electron chi connectivity index (χ1n) is 5.42. The van der Waals surface area contributed by atoms with Gasteiger partial charge >= 0.3 is 0 Å². The van der Waals surface area contributed by atoms with Crippen LogP contribution in [0.4, 0.5) is 4.39 Å². The first-order chi connectivity index (χ1) is 9.06. The van der Waals surface area contributed by atoms with Gasteiger partial charge in [0.15, 0.2) is 4.77 Å². The summed E-state index contributed by atoms with van der Waals surface area (Å²) in [5.41, 5.74) is 2.40. The zero-order valence-corrected chi connectivity index (χ0v) is 13.2. The highest BCUT2D eigenvalue weighted by Crippen LogP contribution is 2.26. The number of nitrogens with zero attached hydrogens (tertiary/aromatic N) is 1. The predicted molar refractivity (Wildman–Crippen MR) is 86.1 cm³/mol. The minimum atomic E-state index is -0.292. The number of aromatic amines is 1. The minimum Gasteiger partial charge on any atom is -0.330 e. The molecule has 1 aromatic heterocycles. The molecule has 1 heterocycles. The van der Waals surface area contributed by atoms with Gasteiger partial charge in [0, 0.05) is 14.7 Å². The molecule has 19 heavy (non-hydrogen) atoms. The van der Waals surface area contributed by atoms with E-state index in [1.807, 2.05) is 16.7 Å². The van der Waals surface area contributed by atoms with Gasteiger partial charge in [0.05, 0.1) is 16.7 Å². The number of hydrogen-bond acceptors (Lipinski definition) is 1. The van der Waals surface area contributed by atoms with Gasteiger partial charge in [-0.2, -0.15) is 0 Å². The number of benzene rings is 2. The quantitative estimate of drug-likeness (QED) is 0.443. The maximum Gasteiger partial charge on any atom is 0.182 e. The summed E-state index contributed by atoms with van der Waals surface area (Å²) in [7, 11) is 0. The van der Waals surface area contributed by atoms with E-state index in [1.54, 1.807) is 12.1 Å². The van der Waals surface area contributed by atoms with Crippen LogP contribution >= 0.6 is 46.4 Å². The fourth-order valence-corrected chi connectivity index (χ4v) is 3.40. The number of fused-ring (bicyclic) bond motifs is 1. The van der Waals surface area contributed by atoms with Gasteiger partial charge in [0.2, 0.25) is 0 Å². The van der Waals surface area contributed by atoms with E-state index >= 15 is 0 Å². The van der Waals surface area contributed by atoms with E-state index in [1.165, 1.54) is 12.1 Å². The minimum absolute atomic E-state index is 0.292. The molecule has 0 saturated carbocycles. The van der Waals surface area contributed by atoms with Crippen molar-refractivity contribution in [1.29, 1.82) is 0 Å². The lowest BCUT2D eigenvalue weighted by Gasteiger charge is -2.07. The molecule has 2 aromatic carbocycles. The Kier molecular flexibility index (Phi) is 3.36. The number of halogens is 3. The monoisotopic (exact) mass is 404 g/mol. The van der Waals surface area contributed by atoms with Gasteiger partial charge in [0.25, 0.3) is 0 Å². The normalized spacial score (nSPS) is 11.1. The van der Waals surface area contributed by atoms with Crippen molar-refractivity contribution in [2.75, 3.05) is 0 Å². The van der Waals surface area contributed by atoms with Crippen molar-refractivity contribution in [3.05, 3.63) is 55.6 Å². The van der Waals surface area contributed by atoms with Crippen LogP contribution in [0.1, 0.15) is 0 Å². The highest BCUT2D eigenvalue weighted by atomic mass is 127. The maximum absolute atomic E-state index is 13.4. The molecule has 1 N–H and O–H groups in total. The summed E-state index contributed by atoms with van der Waals surface area (Å²) < 4.78 is 16.7. The van der Waals surface area contributed by atoms with Crippen molar-refractivity contribution >= 4 is 57.4 Å². The molecule has 0 radical (unpaired) electrons. The standard InChI is InChI=1S/C13H7ClFIN2S/c14-7-1-4-11(9(16)5-7)18-12-6-8(15)2-3-10(12)17-13(18)19/h1-6H,(H,17,19). The molecule has 6 heteroatoms. The molecule has 0 aliphatic carbocycles. The fraction of sp³-hybridized carbons (Fsp3) is 0. The molecule has 0 aliphatic rings. The number of aromatic nitrogens is 2. The number of imidazole rings is 1. The van der Waals surface area contributed by atoms with E-state index in [2.05, 4.69) is 27.6 Å². The summed E-state index contributed by atoms with van der Waals surface area (Å²) in [4.78, 5) is 3.07. The molecule has 0 saturated heterocycles. The van der Waals surface area contributed by atoms with Crippen LogP contribution in [0.5, 0.6) is 0 Å². The molecule has 2 nitrogen and oxygen atoms in total. The van der Waals surface area contributed by atoms with Crippen LogP contribution in [0.2, 0.25) is 5.02 Å². The van der Waals surface area contributed by atoms with Gasteiger partial charge in [-0.15, -0.1) is 0 Å². The van der Waals surface area contributed by atoms with Crippen LogP contribution in [0.3, 0.4) is 0 Å². The maximum atomic E-state index is 13.4. The molecule has 0 atom stereocenters. The second-order valence-electron chi connectivity index (χ2n) is 4.02. The molecular formula is C13H7ClFIN2S. The lowest BCUT2D eigenvalue weighted by molar-refractivity contribution is 0.629. The zero-order valence-electron chi connectivity index (χ0n) is 9.45. The van der Waals surface area contributed by atoms with E-state index in [-0.39, 0.29) is 5.82 Å². The number of H-pyrrole nitrogens is 1. The number of hydrogen-bond donors (Lipinski definition) is 1. The van der Waals surface area contributed by atoms with Crippen LogP contribution in [-0.4, -0.2) is 9.55 Å². The SMILES string of the molecule is Fc1ccc2[nH]c(=S)n(-c3ccc(Cl)cc3I)c2c1. The number of rotatable bonds is 1. The molecule has 0 spiro atoms. The van der Waals surface area contributed by atoms with Crippen molar-refractivity contribution < 1.29 is 4.39 Å². The molecule has 96 valence electrons. The van der Waals surface area contributed by atoms with Crippen LogP contribution < -0.4 is 0 Å². The van der Waals surface area contributed by atoms with Crippen molar-refractivity contribution in [2.24, 2.45) is 0 Å². The van der Waals surface area contributed by atoms with Crippen molar-refractivity contribution in [3.63, 3.8) is 0 Å². The van der Waals surface area contributed by atoms with Crippen LogP contribution in [0.15, 0.2) is 36.4 Å². The fourth-order valence-electron chi connectivity index (χ4n) is 1.98. The van der Waals surface area contributed by atoms with Gasteiger partial charge < -0.3 is 4.98 Å². The van der Waals surface area contributed by atoms with Crippen LogP contribution in [0.25, 0.3) is 16.7 Å². The molecule has 3 rings (SSSR count). The Morgan fingerprint density at radius 2 is 2.00 bits per heavy atom. The lowest BCUT2D eigenvalue weighted by Crippen LogP contribution is -1.97. The zero-order chi connectivity index (χ0) is 13.6. The topological polar surface area (TPSA) is 20.7 Å². The van der Waals surface area contributed by atoms with E-state index in [0.29, 0.717) is 15.3 Å². The molecule has 0 bridgehead atoms. The van der Waals surface area contributed by atoms with E-state index < -0.39 is 0 Å². The first kappa shape index (κ1) is 13.1. The molecular weight excluding hydrogens is 398 g/mol. The summed E-state index contributed by atoms with van der Waals surface area (Å²) >= 11 is 13.5. The van der Waals surface area contributed by atoms with Crippen molar-refractivity contribution in [3.8, 4) is 5.69 Å². The van der Waals surface area contributed by atoms with Gasteiger partial charge in [0.1, 0.15) is 5.82 Å². The summed E-state index contributed by atoms with van der Waals surface area (Å²) in [6, 6.07) is 10.1. The highest BCUT2D eigenvalue weighted by molar-refractivity contribution is 14.1. The Morgan fingerprint density at radius 3 is 2.74 bits per heavy atom. The van der Waals surface area contributed by atoms with Gasteiger partial charge in [-0.25, -0.2) is 4.39 Å². The average molecular weight is 405 g/mol. The molecule has 0 fully saturated rings. The van der Waals surface area contributed by atoms with E-state index in [9.17, 15) is 4.39 Å². The Bertz CT molecular complexity index is 840. The Hall–Kier alpha value is -0.920. The average Bonchev–Trinajstić information content (AvgIpc) is 2.65. The number of nitrogens with one attached hydrogen (secondary N) is 1. The van der Waals surface area contributed by atoms with E-state index in [4.69, 9.17) is 23.8 Å². The molecule has 0 unspecified atom stereocenters. The Morgan fingerprint density at radius 1 is 1.21 bits per heavy atom. The molecule has 0 aliphatic heterocycles. The first-order valence-corrected chi connectivity index (χ1v) is 7.28. The third-order valence-corrected chi connectivity index (χ3v) is 4.18.